The molecule has 0 spiro atoms. The van der Waals surface area contributed by atoms with Crippen molar-refractivity contribution in [1.29, 1.82) is 0 Å². The van der Waals surface area contributed by atoms with E-state index >= 15 is 4.39 Å². The molecular formula is C23H19FN10. The van der Waals surface area contributed by atoms with E-state index in [-0.39, 0.29) is 5.82 Å². The molecule has 0 radical (unpaired) electrons. The summed E-state index contributed by atoms with van der Waals surface area (Å²) in [6, 6.07) is 4.75. The quantitative estimate of drug-likeness (QED) is 0.402. The van der Waals surface area contributed by atoms with E-state index in [0.717, 1.165) is 22.1 Å². The van der Waals surface area contributed by atoms with Crippen LogP contribution in [-0.2, 0) is 14.1 Å². The third kappa shape index (κ3) is 3.29. The predicted molar refractivity (Wildman–Crippen MR) is 123 cm³/mol. The van der Waals surface area contributed by atoms with Crippen LogP contribution in [0.15, 0.2) is 55.4 Å². The molecule has 168 valence electrons. The van der Waals surface area contributed by atoms with Gasteiger partial charge in [-0.05, 0) is 19.1 Å². The number of nitrogens with zero attached hydrogens (tertiary/aromatic N) is 10. The van der Waals surface area contributed by atoms with Gasteiger partial charge in [-0.1, -0.05) is 5.21 Å². The number of benzene rings is 1. The molecule has 1 aromatic carbocycles. The van der Waals surface area contributed by atoms with Crippen LogP contribution in [0.2, 0.25) is 0 Å². The third-order valence-electron chi connectivity index (χ3n) is 5.84. The Bertz CT molecular complexity index is 1680. The van der Waals surface area contributed by atoms with Gasteiger partial charge in [-0.15, -0.1) is 5.10 Å². The lowest BCUT2D eigenvalue weighted by Crippen LogP contribution is -2.11. The number of pyridine rings is 1. The van der Waals surface area contributed by atoms with Gasteiger partial charge in [0.1, 0.15) is 5.82 Å². The summed E-state index contributed by atoms with van der Waals surface area (Å²) < 4.78 is 20.2. The molecule has 0 fully saturated rings. The van der Waals surface area contributed by atoms with E-state index in [0.29, 0.717) is 28.1 Å². The van der Waals surface area contributed by atoms with Gasteiger partial charge >= 0.3 is 0 Å². The number of halogens is 1. The van der Waals surface area contributed by atoms with E-state index in [1.807, 2.05) is 39.5 Å². The van der Waals surface area contributed by atoms with Crippen LogP contribution in [0.5, 0.6) is 0 Å². The molecule has 5 heterocycles. The average molecular weight is 454 g/mol. The maximum Gasteiger partial charge on any atom is 0.221 e. The lowest BCUT2D eigenvalue weighted by molar-refractivity contribution is 0.518. The van der Waals surface area contributed by atoms with Gasteiger partial charge in [0, 0.05) is 66.4 Å². The summed E-state index contributed by atoms with van der Waals surface area (Å²) >= 11 is 0. The predicted octanol–water partition coefficient (Wildman–Crippen LogP) is 3.32. The second kappa shape index (κ2) is 7.51. The molecule has 1 unspecified atom stereocenters. The highest BCUT2D eigenvalue weighted by atomic mass is 19.1. The number of fused-ring (bicyclic) bond motifs is 2. The Morgan fingerprint density at radius 2 is 1.62 bits per heavy atom. The maximum absolute atomic E-state index is 15.2. The molecule has 6 rings (SSSR count). The van der Waals surface area contributed by atoms with Crippen LogP contribution < -0.4 is 0 Å². The zero-order chi connectivity index (χ0) is 23.4. The second-order valence-electron chi connectivity index (χ2n) is 8.21. The first-order valence-electron chi connectivity index (χ1n) is 10.6. The molecule has 0 bridgehead atoms. The fourth-order valence-corrected chi connectivity index (χ4v) is 4.03. The molecule has 10 nitrogen and oxygen atoms in total. The van der Waals surface area contributed by atoms with Crippen molar-refractivity contribution >= 4 is 22.2 Å². The van der Waals surface area contributed by atoms with Crippen LogP contribution in [0.25, 0.3) is 44.6 Å². The Kier molecular flexibility index (Phi) is 4.44. The van der Waals surface area contributed by atoms with Crippen LogP contribution in [0.4, 0.5) is 4.39 Å². The van der Waals surface area contributed by atoms with Crippen LogP contribution in [0, 0.1) is 5.82 Å². The number of aromatic nitrogens is 10. The van der Waals surface area contributed by atoms with Crippen molar-refractivity contribution in [3.63, 3.8) is 0 Å². The van der Waals surface area contributed by atoms with Gasteiger partial charge < -0.3 is 0 Å². The minimum atomic E-state index is -0.477. The molecule has 6 aromatic rings. The Labute approximate surface area is 192 Å². The molecule has 0 amide bonds. The average Bonchev–Trinajstić information content (AvgIpc) is 3.57. The molecule has 1 atom stereocenters. The summed E-state index contributed by atoms with van der Waals surface area (Å²) in [7, 11) is 3.69. The monoisotopic (exact) mass is 454 g/mol. The third-order valence-corrected chi connectivity index (χ3v) is 5.84. The summed E-state index contributed by atoms with van der Waals surface area (Å²) in [5.41, 5.74) is 5.20. The van der Waals surface area contributed by atoms with Gasteiger partial charge in [-0.2, -0.15) is 10.2 Å². The number of rotatable bonds is 4. The first-order valence-corrected chi connectivity index (χ1v) is 10.6. The van der Waals surface area contributed by atoms with E-state index in [4.69, 9.17) is 4.98 Å². The topological polar surface area (TPSA) is 105 Å². The van der Waals surface area contributed by atoms with Crippen LogP contribution >= 0.6 is 0 Å². The van der Waals surface area contributed by atoms with Gasteiger partial charge in [0.2, 0.25) is 5.65 Å². The fraction of sp³-hybridized carbons (Fsp3) is 0.174. The lowest BCUT2D eigenvalue weighted by Gasteiger charge is -2.14. The summed E-state index contributed by atoms with van der Waals surface area (Å²) in [5.74, 6) is -0.373. The van der Waals surface area contributed by atoms with Crippen LogP contribution in [-0.4, -0.2) is 49.5 Å². The van der Waals surface area contributed by atoms with Crippen molar-refractivity contribution in [1.82, 2.24) is 49.5 Å². The van der Waals surface area contributed by atoms with Crippen molar-refractivity contribution in [2.24, 2.45) is 14.1 Å². The number of hydrogen-bond acceptors (Lipinski definition) is 7. The van der Waals surface area contributed by atoms with Gasteiger partial charge in [0.05, 0.1) is 35.8 Å². The minimum absolute atomic E-state index is 0.373. The van der Waals surface area contributed by atoms with Crippen molar-refractivity contribution in [2.75, 3.05) is 0 Å². The largest absolute Gasteiger partial charge is 0.275 e. The fourth-order valence-electron chi connectivity index (χ4n) is 4.03. The van der Waals surface area contributed by atoms with E-state index in [1.54, 1.807) is 44.9 Å². The first kappa shape index (κ1) is 20.1. The molecular weight excluding hydrogens is 435 g/mol. The molecule has 5 aromatic heterocycles. The number of hydrogen-bond donors (Lipinski definition) is 0. The standard InChI is InChI=1S/C23H19FN10/c1-13(34-23-22(30-31-34)26-10-21(29-23)17-9-28-33(3)12-17)18-5-14-4-15(16-8-27-32(2)11-16)7-25-20(14)6-19(18)24/h4-13H,1-3H3. The SMILES string of the molecule is CC(c1cc2cc(-c3cnn(C)c3)cnc2cc1F)n1nnc2ncc(-c3cnn(C)c3)nc21. The van der Waals surface area contributed by atoms with Crippen LogP contribution in [0.1, 0.15) is 18.5 Å². The minimum Gasteiger partial charge on any atom is -0.275 e. The molecule has 0 saturated heterocycles. The zero-order valence-electron chi connectivity index (χ0n) is 18.6. The van der Waals surface area contributed by atoms with E-state index in [2.05, 4.69) is 30.5 Å². The summed E-state index contributed by atoms with van der Waals surface area (Å²) in [5, 5.41) is 17.6. The normalized spacial score (nSPS) is 12.6. The van der Waals surface area contributed by atoms with Crippen molar-refractivity contribution < 1.29 is 4.39 Å². The van der Waals surface area contributed by atoms with E-state index in [9.17, 15) is 0 Å². The molecule has 34 heavy (non-hydrogen) atoms. The van der Waals surface area contributed by atoms with E-state index in [1.165, 1.54) is 6.07 Å². The van der Waals surface area contributed by atoms with Crippen molar-refractivity contribution in [3.8, 4) is 22.4 Å². The van der Waals surface area contributed by atoms with E-state index < -0.39 is 6.04 Å². The first-order chi connectivity index (χ1) is 16.5. The van der Waals surface area contributed by atoms with Crippen molar-refractivity contribution in [2.45, 2.75) is 13.0 Å². The molecule has 0 aliphatic carbocycles. The second-order valence-corrected chi connectivity index (χ2v) is 8.21. The summed E-state index contributed by atoms with van der Waals surface area (Å²) in [4.78, 5) is 13.5. The Hall–Kier alpha value is -4.54. The van der Waals surface area contributed by atoms with Gasteiger partial charge in [0.15, 0.2) is 5.65 Å². The highest BCUT2D eigenvalue weighted by molar-refractivity contribution is 5.84. The maximum atomic E-state index is 15.2. The molecule has 0 aliphatic rings. The zero-order valence-corrected chi connectivity index (χ0v) is 18.6. The molecule has 0 aliphatic heterocycles. The molecule has 11 heteroatoms. The highest BCUT2D eigenvalue weighted by Crippen LogP contribution is 2.29. The van der Waals surface area contributed by atoms with Gasteiger partial charge in [0.25, 0.3) is 0 Å². The smallest absolute Gasteiger partial charge is 0.221 e. The number of aryl methyl sites for hydroxylation is 2. The van der Waals surface area contributed by atoms with Crippen LogP contribution in [0.3, 0.4) is 0 Å². The van der Waals surface area contributed by atoms with Gasteiger partial charge in [-0.25, -0.2) is 19.0 Å². The molecule has 0 saturated carbocycles. The Balaban J connectivity index is 1.44. The molecule has 0 N–H and O–H groups in total. The highest BCUT2D eigenvalue weighted by Gasteiger charge is 2.20. The lowest BCUT2D eigenvalue weighted by atomic mass is 10.0. The summed E-state index contributed by atoms with van der Waals surface area (Å²) in [6.07, 6.45) is 10.6. The summed E-state index contributed by atoms with van der Waals surface area (Å²) in [6.45, 7) is 1.86. The van der Waals surface area contributed by atoms with Gasteiger partial charge in [-0.3, -0.25) is 14.3 Å². The Morgan fingerprint density at radius 3 is 2.35 bits per heavy atom. The van der Waals surface area contributed by atoms with Crippen molar-refractivity contribution in [3.05, 3.63) is 66.8 Å². The Morgan fingerprint density at radius 1 is 0.853 bits per heavy atom.